The van der Waals surface area contributed by atoms with Crippen LogP contribution in [0.4, 0.5) is 0 Å². The van der Waals surface area contributed by atoms with Gasteiger partial charge in [-0.2, -0.15) is 5.26 Å². The summed E-state index contributed by atoms with van der Waals surface area (Å²) in [5.41, 5.74) is 1.30. The molecular formula is C14H10ClNOS. The third-order valence-corrected chi connectivity index (χ3v) is 4.20. The largest absolute Gasteiger partial charge is 0.254 e. The van der Waals surface area contributed by atoms with Crippen LogP contribution in [0.15, 0.2) is 53.4 Å². The van der Waals surface area contributed by atoms with Crippen LogP contribution in [0.25, 0.3) is 0 Å². The molecule has 0 radical (unpaired) electrons. The molecule has 1 unspecified atom stereocenters. The molecule has 0 spiro atoms. The number of benzene rings is 2. The summed E-state index contributed by atoms with van der Waals surface area (Å²) in [4.78, 5) is 0.776. The van der Waals surface area contributed by atoms with Crippen LogP contribution in [0.2, 0.25) is 5.02 Å². The predicted molar refractivity (Wildman–Crippen MR) is 72.7 cm³/mol. The molecule has 0 saturated heterocycles. The van der Waals surface area contributed by atoms with Gasteiger partial charge in [-0.25, -0.2) is 0 Å². The van der Waals surface area contributed by atoms with E-state index in [2.05, 4.69) is 0 Å². The van der Waals surface area contributed by atoms with Crippen molar-refractivity contribution < 1.29 is 4.21 Å². The summed E-state index contributed by atoms with van der Waals surface area (Å²) in [6, 6.07) is 16.3. The first kappa shape index (κ1) is 12.8. The van der Waals surface area contributed by atoms with E-state index in [0.29, 0.717) is 16.3 Å². The van der Waals surface area contributed by atoms with Crippen LogP contribution < -0.4 is 0 Å². The average Bonchev–Trinajstić information content (AvgIpc) is 2.42. The molecular weight excluding hydrogens is 266 g/mol. The molecule has 18 heavy (non-hydrogen) atoms. The van der Waals surface area contributed by atoms with Gasteiger partial charge < -0.3 is 0 Å². The molecule has 0 saturated carbocycles. The first-order chi connectivity index (χ1) is 8.70. The molecule has 0 aliphatic carbocycles. The predicted octanol–water partition coefficient (Wildman–Crippen LogP) is 3.52. The van der Waals surface area contributed by atoms with E-state index in [-0.39, 0.29) is 0 Å². The van der Waals surface area contributed by atoms with Crippen LogP contribution in [-0.4, -0.2) is 4.21 Å². The van der Waals surface area contributed by atoms with Crippen molar-refractivity contribution in [1.82, 2.24) is 0 Å². The van der Waals surface area contributed by atoms with E-state index in [1.165, 1.54) is 0 Å². The highest BCUT2D eigenvalue weighted by molar-refractivity contribution is 7.84. The second-order valence-corrected chi connectivity index (χ2v) is 5.58. The first-order valence-electron chi connectivity index (χ1n) is 5.32. The van der Waals surface area contributed by atoms with Gasteiger partial charge in [0.05, 0.1) is 28.2 Å². The van der Waals surface area contributed by atoms with Gasteiger partial charge in [0.2, 0.25) is 0 Å². The van der Waals surface area contributed by atoms with Crippen LogP contribution in [-0.2, 0) is 16.6 Å². The Hall–Kier alpha value is -1.63. The minimum Gasteiger partial charge on any atom is -0.254 e. The molecule has 0 N–H and O–H groups in total. The number of halogens is 1. The van der Waals surface area contributed by atoms with Crippen LogP contribution in [0, 0.1) is 11.3 Å². The zero-order chi connectivity index (χ0) is 13.0. The number of hydrogen-bond acceptors (Lipinski definition) is 2. The van der Waals surface area contributed by atoms with Crippen molar-refractivity contribution in [3.8, 4) is 6.07 Å². The van der Waals surface area contributed by atoms with Gasteiger partial charge in [0.15, 0.2) is 0 Å². The summed E-state index contributed by atoms with van der Waals surface area (Å²) in [6.07, 6.45) is 0. The summed E-state index contributed by atoms with van der Waals surface area (Å²) in [5.74, 6) is 0.356. The Kier molecular flexibility index (Phi) is 4.14. The fraction of sp³-hybridized carbons (Fsp3) is 0.0714. The van der Waals surface area contributed by atoms with E-state index >= 15 is 0 Å². The van der Waals surface area contributed by atoms with E-state index in [9.17, 15) is 4.21 Å². The highest BCUT2D eigenvalue weighted by Crippen LogP contribution is 2.21. The minimum atomic E-state index is -1.12. The van der Waals surface area contributed by atoms with Crippen molar-refractivity contribution >= 4 is 22.4 Å². The maximum Gasteiger partial charge on any atom is 0.0992 e. The van der Waals surface area contributed by atoms with Crippen LogP contribution >= 0.6 is 11.6 Å². The van der Waals surface area contributed by atoms with E-state index in [1.807, 2.05) is 36.4 Å². The first-order valence-corrected chi connectivity index (χ1v) is 7.02. The van der Waals surface area contributed by atoms with Gasteiger partial charge in [0, 0.05) is 9.92 Å². The average molecular weight is 276 g/mol. The minimum absolute atomic E-state index is 0.356. The van der Waals surface area contributed by atoms with Gasteiger partial charge in [-0.05, 0) is 29.8 Å². The summed E-state index contributed by atoms with van der Waals surface area (Å²) >= 11 is 6.05. The molecule has 0 aliphatic rings. The number of nitriles is 1. The summed E-state index contributed by atoms with van der Waals surface area (Å²) in [7, 11) is -1.12. The van der Waals surface area contributed by atoms with Crippen molar-refractivity contribution in [2.75, 3.05) is 0 Å². The maximum absolute atomic E-state index is 12.1. The molecule has 0 aliphatic heterocycles. The fourth-order valence-electron chi connectivity index (χ4n) is 1.53. The maximum atomic E-state index is 12.1. The Bertz CT molecular complexity index is 619. The van der Waals surface area contributed by atoms with Gasteiger partial charge in [-0.1, -0.05) is 35.9 Å². The standard InChI is InChI=1S/C14H10ClNOS/c15-14-8-11(9-16)6-7-12(14)10-18(17)13-4-2-1-3-5-13/h1-8H,10H2. The molecule has 1 atom stereocenters. The Morgan fingerprint density at radius 2 is 1.89 bits per heavy atom. The molecule has 2 aromatic rings. The van der Waals surface area contributed by atoms with Crippen LogP contribution in [0.1, 0.15) is 11.1 Å². The third-order valence-electron chi connectivity index (χ3n) is 2.47. The Morgan fingerprint density at radius 3 is 2.50 bits per heavy atom. The van der Waals surface area contributed by atoms with Gasteiger partial charge in [0.25, 0.3) is 0 Å². The molecule has 0 fully saturated rings. The summed E-state index contributed by atoms with van der Waals surface area (Å²) in [5, 5.41) is 9.23. The second kappa shape index (κ2) is 5.81. The van der Waals surface area contributed by atoms with E-state index in [1.54, 1.807) is 18.2 Å². The van der Waals surface area contributed by atoms with Crippen molar-refractivity contribution in [3.63, 3.8) is 0 Å². The van der Waals surface area contributed by atoms with E-state index < -0.39 is 10.8 Å². The van der Waals surface area contributed by atoms with Gasteiger partial charge in [-0.3, -0.25) is 4.21 Å². The zero-order valence-electron chi connectivity index (χ0n) is 9.47. The highest BCUT2D eigenvalue weighted by Gasteiger charge is 2.08. The van der Waals surface area contributed by atoms with Gasteiger partial charge in [0.1, 0.15) is 0 Å². The molecule has 2 aromatic carbocycles. The lowest BCUT2D eigenvalue weighted by atomic mass is 10.2. The second-order valence-electron chi connectivity index (χ2n) is 3.72. The summed E-state index contributed by atoms with van der Waals surface area (Å²) in [6.45, 7) is 0. The number of hydrogen-bond donors (Lipinski definition) is 0. The molecule has 0 amide bonds. The smallest absolute Gasteiger partial charge is 0.0992 e. The zero-order valence-corrected chi connectivity index (χ0v) is 11.0. The fourth-order valence-corrected chi connectivity index (χ4v) is 3.02. The molecule has 90 valence electrons. The molecule has 2 rings (SSSR count). The highest BCUT2D eigenvalue weighted by atomic mass is 35.5. The number of nitrogens with zero attached hydrogens (tertiary/aromatic N) is 1. The SMILES string of the molecule is N#Cc1ccc(CS(=O)c2ccccc2)c(Cl)c1. The normalized spacial score (nSPS) is 11.8. The monoisotopic (exact) mass is 275 g/mol. The topological polar surface area (TPSA) is 40.9 Å². The lowest BCUT2D eigenvalue weighted by molar-refractivity contribution is 0.682. The molecule has 0 bridgehead atoms. The lowest BCUT2D eigenvalue weighted by Gasteiger charge is -2.05. The van der Waals surface area contributed by atoms with Crippen molar-refractivity contribution in [2.45, 2.75) is 10.6 Å². The van der Waals surface area contributed by atoms with Crippen molar-refractivity contribution in [1.29, 1.82) is 5.26 Å². The molecule has 4 heteroatoms. The van der Waals surface area contributed by atoms with Crippen LogP contribution in [0.5, 0.6) is 0 Å². The van der Waals surface area contributed by atoms with Gasteiger partial charge >= 0.3 is 0 Å². The lowest BCUT2D eigenvalue weighted by Crippen LogP contribution is -1.97. The Morgan fingerprint density at radius 1 is 1.17 bits per heavy atom. The summed E-state index contributed by atoms with van der Waals surface area (Å²) < 4.78 is 12.1. The Balaban J connectivity index is 2.20. The number of rotatable bonds is 3. The Labute approximate surface area is 113 Å². The van der Waals surface area contributed by atoms with E-state index in [4.69, 9.17) is 16.9 Å². The van der Waals surface area contributed by atoms with Crippen molar-refractivity contribution in [3.05, 3.63) is 64.7 Å². The van der Waals surface area contributed by atoms with Crippen molar-refractivity contribution in [2.24, 2.45) is 0 Å². The quantitative estimate of drug-likeness (QED) is 0.860. The van der Waals surface area contributed by atoms with Gasteiger partial charge in [-0.15, -0.1) is 0 Å². The van der Waals surface area contributed by atoms with Crippen LogP contribution in [0.3, 0.4) is 0 Å². The van der Waals surface area contributed by atoms with E-state index in [0.717, 1.165) is 10.5 Å². The molecule has 2 nitrogen and oxygen atoms in total. The molecule has 0 heterocycles. The third kappa shape index (κ3) is 2.98. The molecule has 0 aromatic heterocycles.